The number of fused-ring (bicyclic) bond motifs is 1. The van der Waals surface area contributed by atoms with Gasteiger partial charge in [-0.05, 0) is 30.4 Å². The van der Waals surface area contributed by atoms with Gasteiger partial charge in [-0.25, -0.2) is 0 Å². The van der Waals surface area contributed by atoms with Crippen LogP contribution in [0.3, 0.4) is 0 Å². The summed E-state index contributed by atoms with van der Waals surface area (Å²) in [7, 11) is 5.63. The minimum atomic E-state index is 0.585. The van der Waals surface area contributed by atoms with Crippen LogP contribution in [0.25, 0.3) is 0 Å². The van der Waals surface area contributed by atoms with Gasteiger partial charge in [0.2, 0.25) is 0 Å². The van der Waals surface area contributed by atoms with E-state index in [1.54, 1.807) is 0 Å². The highest BCUT2D eigenvalue weighted by molar-refractivity contribution is 6.08. The van der Waals surface area contributed by atoms with Gasteiger partial charge >= 0.3 is 0 Å². The molecule has 0 heterocycles. The Balaban J connectivity index is 2.58. The SMILES string of the molecule is [B]Cc1ccc(C=O)c2c1CCC2. The van der Waals surface area contributed by atoms with Gasteiger partial charge in [-0.15, -0.1) is 0 Å². The summed E-state index contributed by atoms with van der Waals surface area (Å²) in [4.78, 5) is 10.7. The molecule has 0 aromatic heterocycles. The van der Waals surface area contributed by atoms with Gasteiger partial charge in [0.15, 0.2) is 0 Å². The van der Waals surface area contributed by atoms with Gasteiger partial charge in [-0.3, -0.25) is 4.79 Å². The van der Waals surface area contributed by atoms with Gasteiger partial charge in [0.05, 0.1) is 7.85 Å². The molecule has 1 aromatic carbocycles. The lowest BCUT2D eigenvalue weighted by molar-refractivity contribution is 0.112. The zero-order valence-electron chi connectivity index (χ0n) is 7.55. The van der Waals surface area contributed by atoms with Crippen LogP contribution < -0.4 is 0 Å². The summed E-state index contributed by atoms with van der Waals surface area (Å²) in [5.41, 5.74) is 4.62. The van der Waals surface area contributed by atoms with E-state index < -0.39 is 0 Å². The molecule has 2 heteroatoms. The van der Waals surface area contributed by atoms with Gasteiger partial charge in [-0.2, -0.15) is 0 Å². The molecule has 0 N–H and O–H groups in total. The van der Waals surface area contributed by atoms with Crippen LogP contribution >= 0.6 is 0 Å². The Morgan fingerprint density at radius 3 is 2.77 bits per heavy atom. The molecule has 1 aliphatic rings. The van der Waals surface area contributed by atoms with Crippen LogP contribution in [-0.4, -0.2) is 14.1 Å². The molecule has 0 amide bonds. The van der Waals surface area contributed by atoms with Crippen molar-refractivity contribution < 1.29 is 4.79 Å². The largest absolute Gasteiger partial charge is 0.298 e. The Hall–Kier alpha value is -1.05. The van der Waals surface area contributed by atoms with E-state index in [1.807, 2.05) is 12.1 Å². The van der Waals surface area contributed by atoms with Crippen molar-refractivity contribution in [1.29, 1.82) is 0 Å². The summed E-state index contributed by atoms with van der Waals surface area (Å²) in [5, 5.41) is 0. The first-order chi connectivity index (χ1) is 6.36. The van der Waals surface area contributed by atoms with Crippen LogP contribution in [0.5, 0.6) is 0 Å². The van der Waals surface area contributed by atoms with Gasteiger partial charge in [0.25, 0.3) is 0 Å². The lowest BCUT2D eigenvalue weighted by atomic mass is 9.89. The van der Waals surface area contributed by atoms with Crippen molar-refractivity contribution in [2.24, 2.45) is 0 Å². The molecule has 64 valence electrons. The minimum Gasteiger partial charge on any atom is -0.298 e. The second kappa shape index (κ2) is 3.37. The summed E-state index contributed by atoms with van der Waals surface area (Å²) in [6, 6.07) is 3.87. The molecule has 1 nitrogen and oxygen atoms in total. The zero-order chi connectivity index (χ0) is 9.26. The van der Waals surface area contributed by atoms with Crippen molar-refractivity contribution in [2.75, 3.05) is 0 Å². The van der Waals surface area contributed by atoms with Crippen LogP contribution in [0, 0.1) is 0 Å². The maximum Gasteiger partial charge on any atom is 0.150 e. The molecule has 0 atom stereocenters. The molecule has 0 aliphatic heterocycles. The highest BCUT2D eigenvalue weighted by Crippen LogP contribution is 2.27. The van der Waals surface area contributed by atoms with Crippen molar-refractivity contribution in [3.05, 3.63) is 34.4 Å². The van der Waals surface area contributed by atoms with Crippen molar-refractivity contribution in [3.8, 4) is 0 Å². The Morgan fingerprint density at radius 2 is 2.08 bits per heavy atom. The predicted octanol–water partition coefficient (Wildman–Crippen LogP) is 1.66. The average molecular weight is 170 g/mol. The van der Waals surface area contributed by atoms with E-state index in [2.05, 4.69) is 0 Å². The molecular formula is C11H11BO. The smallest absolute Gasteiger partial charge is 0.150 e. The maximum atomic E-state index is 10.7. The van der Waals surface area contributed by atoms with Crippen molar-refractivity contribution in [1.82, 2.24) is 0 Å². The van der Waals surface area contributed by atoms with Crippen LogP contribution in [0.15, 0.2) is 12.1 Å². The van der Waals surface area contributed by atoms with E-state index in [9.17, 15) is 4.79 Å². The topological polar surface area (TPSA) is 17.1 Å². The molecule has 0 unspecified atom stereocenters. The summed E-state index contributed by atoms with van der Waals surface area (Å²) in [6.45, 7) is 0. The monoisotopic (exact) mass is 170 g/mol. The number of rotatable bonds is 2. The number of carbonyl (C=O) groups excluding carboxylic acids is 1. The number of carbonyl (C=O) groups is 1. The third-order valence-corrected chi connectivity index (χ3v) is 2.76. The number of hydrogen-bond donors (Lipinski definition) is 0. The third-order valence-electron chi connectivity index (χ3n) is 2.76. The Morgan fingerprint density at radius 1 is 1.31 bits per heavy atom. The van der Waals surface area contributed by atoms with Gasteiger partial charge in [0.1, 0.15) is 6.29 Å². The second-order valence-electron chi connectivity index (χ2n) is 3.45. The third kappa shape index (κ3) is 1.30. The van der Waals surface area contributed by atoms with E-state index in [4.69, 9.17) is 7.85 Å². The quantitative estimate of drug-likeness (QED) is 0.487. The molecule has 2 radical (unpaired) electrons. The van der Waals surface area contributed by atoms with Crippen LogP contribution in [-0.2, 0) is 19.2 Å². The fourth-order valence-corrected chi connectivity index (χ4v) is 2.11. The first-order valence-electron chi connectivity index (χ1n) is 4.65. The molecule has 0 spiro atoms. The zero-order valence-corrected chi connectivity index (χ0v) is 7.55. The first kappa shape index (κ1) is 8.55. The molecule has 0 fully saturated rings. The van der Waals surface area contributed by atoms with Crippen molar-refractivity contribution >= 4 is 14.1 Å². The summed E-state index contributed by atoms with van der Waals surface area (Å²) in [6.07, 6.45) is 4.82. The molecule has 13 heavy (non-hydrogen) atoms. The van der Waals surface area contributed by atoms with Crippen LogP contribution in [0.2, 0.25) is 0 Å². The van der Waals surface area contributed by atoms with E-state index in [0.29, 0.717) is 6.32 Å². The van der Waals surface area contributed by atoms with Gasteiger partial charge in [-0.1, -0.05) is 24.0 Å². The fourth-order valence-electron chi connectivity index (χ4n) is 2.11. The molecule has 1 aromatic rings. The molecule has 0 saturated carbocycles. The maximum absolute atomic E-state index is 10.7. The fraction of sp³-hybridized carbons (Fsp3) is 0.364. The molecular weight excluding hydrogens is 159 g/mol. The number of aldehydes is 1. The predicted molar refractivity (Wildman–Crippen MR) is 53.3 cm³/mol. The number of hydrogen-bond acceptors (Lipinski definition) is 1. The summed E-state index contributed by atoms with van der Waals surface area (Å²) >= 11 is 0. The van der Waals surface area contributed by atoms with Crippen molar-refractivity contribution in [3.63, 3.8) is 0 Å². The molecule has 0 saturated heterocycles. The Bertz CT molecular complexity index is 344. The summed E-state index contributed by atoms with van der Waals surface area (Å²) in [5.74, 6) is 0. The second-order valence-corrected chi connectivity index (χ2v) is 3.45. The van der Waals surface area contributed by atoms with Crippen molar-refractivity contribution in [2.45, 2.75) is 25.6 Å². The Labute approximate surface area is 79.6 Å². The lowest BCUT2D eigenvalue weighted by Crippen LogP contribution is -1.97. The summed E-state index contributed by atoms with van der Waals surface area (Å²) < 4.78 is 0. The molecule has 2 rings (SSSR count). The van der Waals surface area contributed by atoms with Crippen LogP contribution in [0.4, 0.5) is 0 Å². The minimum absolute atomic E-state index is 0.585. The number of benzene rings is 1. The molecule has 0 bridgehead atoms. The standard InChI is InChI=1S/C11H11BO/c12-6-8-4-5-9(7-13)11-3-1-2-10(8)11/h4-5,7H,1-3,6H2. The van der Waals surface area contributed by atoms with E-state index >= 15 is 0 Å². The highest BCUT2D eigenvalue weighted by atomic mass is 16.1. The Kier molecular flexibility index (Phi) is 2.21. The normalized spacial score (nSPS) is 14.2. The van der Waals surface area contributed by atoms with Gasteiger partial charge in [0, 0.05) is 5.56 Å². The van der Waals surface area contributed by atoms with E-state index in [0.717, 1.165) is 31.1 Å². The van der Waals surface area contributed by atoms with Crippen LogP contribution in [0.1, 0.15) is 33.5 Å². The van der Waals surface area contributed by atoms with E-state index in [-0.39, 0.29) is 0 Å². The lowest BCUT2D eigenvalue weighted by Gasteiger charge is -2.07. The van der Waals surface area contributed by atoms with E-state index in [1.165, 1.54) is 16.7 Å². The van der Waals surface area contributed by atoms with Gasteiger partial charge < -0.3 is 0 Å². The highest BCUT2D eigenvalue weighted by Gasteiger charge is 2.16. The first-order valence-corrected chi connectivity index (χ1v) is 4.65. The molecule has 1 aliphatic carbocycles. The average Bonchev–Trinajstić information content (AvgIpc) is 2.64.